The van der Waals surface area contributed by atoms with Crippen LogP contribution in [-0.2, 0) is 11.2 Å². The van der Waals surface area contributed by atoms with Gasteiger partial charge >= 0.3 is 0 Å². The predicted molar refractivity (Wildman–Crippen MR) is 162 cm³/mol. The van der Waals surface area contributed by atoms with E-state index in [0.717, 1.165) is 64.0 Å². The van der Waals surface area contributed by atoms with E-state index in [1.165, 1.54) is 17.7 Å². The number of carbonyl (C=O) groups excluding carboxylic acids is 1. The van der Waals surface area contributed by atoms with E-state index in [1.54, 1.807) is 0 Å². The maximum atomic E-state index is 13.7. The monoisotopic (exact) mass is 582 g/mol. The highest BCUT2D eigenvalue weighted by molar-refractivity contribution is 5.79. The van der Waals surface area contributed by atoms with Crippen LogP contribution in [0.2, 0.25) is 0 Å². The van der Waals surface area contributed by atoms with Crippen LogP contribution in [0.4, 0.5) is 8.78 Å². The first kappa shape index (κ1) is 31.0. The summed E-state index contributed by atoms with van der Waals surface area (Å²) < 4.78 is 27.5. The summed E-state index contributed by atoms with van der Waals surface area (Å²) in [4.78, 5) is 23.1. The van der Waals surface area contributed by atoms with Gasteiger partial charge in [-0.15, -0.1) is 0 Å². The zero-order chi connectivity index (χ0) is 29.4. The Labute approximate surface area is 249 Å². The van der Waals surface area contributed by atoms with Crippen molar-refractivity contribution in [3.63, 3.8) is 0 Å². The SMILES string of the molecule is NCCCCN(C[C@H]1CN(C[C@H](NC(=O)C2CCC(F)(F)CC2)c2ccccc2)CCN1)[C@H]1CCCc2cccnc21. The molecule has 2 heterocycles. The number of rotatable bonds is 12. The molecular formula is C33H48F2N6O. The number of amides is 1. The average Bonchev–Trinajstić information content (AvgIpc) is 3.00. The standard InChI is InChI=1S/C33H48F2N6O/c34-33(35)15-13-27(14-16-33)32(42)39-29(25-8-2-1-3-9-25)24-40-21-19-37-28(22-40)23-41(20-5-4-17-36)30-12-6-10-26-11-7-18-38-31(26)30/h1-3,7-9,11,18,27-30,37H,4-6,10,12-17,19-24,36H2,(H,39,42)/t28-,29+,30+/m1/s1. The van der Waals surface area contributed by atoms with Gasteiger partial charge in [-0.05, 0) is 75.2 Å². The molecule has 0 unspecified atom stereocenters. The van der Waals surface area contributed by atoms with Gasteiger partial charge in [0.25, 0.3) is 0 Å². The van der Waals surface area contributed by atoms with E-state index in [4.69, 9.17) is 10.7 Å². The van der Waals surface area contributed by atoms with Gasteiger partial charge in [0.2, 0.25) is 11.8 Å². The number of halogens is 2. The Hall–Kier alpha value is -2.46. The van der Waals surface area contributed by atoms with E-state index in [9.17, 15) is 13.6 Å². The summed E-state index contributed by atoms with van der Waals surface area (Å²) in [6.07, 6.45) is 7.49. The number of unbranched alkanes of at least 4 members (excludes halogenated alkanes) is 1. The Morgan fingerprint density at radius 3 is 2.74 bits per heavy atom. The van der Waals surface area contributed by atoms with E-state index in [1.807, 2.05) is 42.6 Å². The molecule has 3 aliphatic rings. The lowest BCUT2D eigenvalue weighted by Crippen LogP contribution is -2.56. The van der Waals surface area contributed by atoms with Crippen molar-refractivity contribution in [2.24, 2.45) is 11.7 Å². The number of fused-ring (bicyclic) bond motifs is 1. The molecule has 0 radical (unpaired) electrons. The normalized spacial score (nSPS) is 23.8. The minimum atomic E-state index is -2.64. The summed E-state index contributed by atoms with van der Waals surface area (Å²) in [7, 11) is 0. The van der Waals surface area contributed by atoms with Gasteiger partial charge in [0.05, 0.1) is 17.8 Å². The summed E-state index contributed by atoms with van der Waals surface area (Å²) in [6, 6.07) is 14.8. The van der Waals surface area contributed by atoms with Gasteiger partial charge in [-0.2, -0.15) is 0 Å². The Morgan fingerprint density at radius 1 is 1.14 bits per heavy atom. The molecular weight excluding hydrogens is 534 g/mol. The molecule has 0 bridgehead atoms. The predicted octanol–water partition coefficient (Wildman–Crippen LogP) is 4.46. The molecule has 1 saturated heterocycles. The smallest absolute Gasteiger partial charge is 0.248 e. The molecule has 3 atom stereocenters. The number of aryl methyl sites for hydroxylation is 1. The van der Waals surface area contributed by atoms with E-state index in [0.29, 0.717) is 25.2 Å². The molecule has 2 aromatic rings. The van der Waals surface area contributed by atoms with E-state index in [-0.39, 0.29) is 43.6 Å². The van der Waals surface area contributed by atoms with Crippen LogP contribution in [0.3, 0.4) is 0 Å². The van der Waals surface area contributed by atoms with Crippen molar-refractivity contribution in [3.8, 4) is 0 Å². The molecule has 1 aliphatic heterocycles. The fourth-order valence-corrected chi connectivity index (χ4v) is 7.01. The summed E-state index contributed by atoms with van der Waals surface area (Å²) in [5.41, 5.74) is 9.51. The topological polar surface area (TPSA) is 86.5 Å². The largest absolute Gasteiger partial charge is 0.348 e. The van der Waals surface area contributed by atoms with Crippen molar-refractivity contribution in [1.29, 1.82) is 0 Å². The van der Waals surface area contributed by atoms with Crippen LogP contribution in [0.1, 0.15) is 80.3 Å². The quantitative estimate of drug-likeness (QED) is 0.321. The Bertz CT molecular complexity index is 1120. The van der Waals surface area contributed by atoms with Crippen LogP contribution in [-0.4, -0.2) is 78.5 Å². The number of carbonyl (C=O) groups is 1. The molecule has 1 saturated carbocycles. The van der Waals surface area contributed by atoms with Gasteiger partial charge in [0.15, 0.2) is 0 Å². The first-order valence-electron chi connectivity index (χ1n) is 16.0. The van der Waals surface area contributed by atoms with Gasteiger partial charge in [0.1, 0.15) is 0 Å². The molecule has 2 aliphatic carbocycles. The highest BCUT2D eigenvalue weighted by Gasteiger charge is 2.38. The fourth-order valence-electron chi connectivity index (χ4n) is 7.01. The number of hydrogen-bond acceptors (Lipinski definition) is 6. The number of nitrogens with one attached hydrogen (secondary N) is 2. The Balaban J connectivity index is 1.24. The molecule has 9 heteroatoms. The minimum Gasteiger partial charge on any atom is -0.348 e. The highest BCUT2D eigenvalue weighted by Crippen LogP contribution is 2.37. The lowest BCUT2D eigenvalue weighted by atomic mass is 9.86. The van der Waals surface area contributed by atoms with Crippen molar-refractivity contribution < 1.29 is 13.6 Å². The van der Waals surface area contributed by atoms with Crippen LogP contribution in [0.15, 0.2) is 48.7 Å². The molecule has 1 aromatic heterocycles. The molecule has 5 rings (SSSR count). The number of nitrogens with zero attached hydrogens (tertiary/aromatic N) is 3. The Morgan fingerprint density at radius 2 is 1.95 bits per heavy atom. The Kier molecular flexibility index (Phi) is 10.9. The van der Waals surface area contributed by atoms with Crippen LogP contribution in [0, 0.1) is 5.92 Å². The van der Waals surface area contributed by atoms with Crippen molar-refractivity contribution >= 4 is 5.91 Å². The lowest BCUT2D eigenvalue weighted by molar-refractivity contribution is -0.130. The lowest BCUT2D eigenvalue weighted by Gasteiger charge is -2.41. The fraction of sp³-hybridized carbons (Fsp3) is 0.636. The number of aromatic nitrogens is 1. The summed E-state index contributed by atoms with van der Waals surface area (Å²) in [5, 5.41) is 7.01. The van der Waals surface area contributed by atoms with Crippen molar-refractivity contribution in [3.05, 3.63) is 65.5 Å². The van der Waals surface area contributed by atoms with Crippen LogP contribution in [0.25, 0.3) is 0 Å². The van der Waals surface area contributed by atoms with E-state index >= 15 is 0 Å². The van der Waals surface area contributed by atoms with Crippen LogP contribution >= 0.6 is 0 Å². The third-order valence-corrected chi connectivity index (χ3v) is 9.35. The van der Waals surface area contributed by atoms with Crippen LogP contribution < -0.4 is 16.4 Å². The number of alkyl halides is 2. The highest BCUT2D eigenvalue weighted by atomic mass is 19.3. The van der Waals surface area contributed by atoms with E-state index in [2.05, 4.69) is 26.5 Å². The maximum absolute atomic E-state index is 13.7. The van der Waals surface area contributed by atoms with Gasteiger partial charge in [0, 0.05) is 63.7 Å². The molecule has 0 spiro atoms. The zero-order valence-electron chi connectivity index (χ0n) is 24.8. The third kappa shape index (κ3) is 8.34. The zero-order valence-corrected chi connectivity index (χ0v) is 24.8. The molecule has 4 N–H and O–H groups in total. The first-order chi connectivity index (χ1) is 20.4. The number of pyridine rings is 1. The van der Waals surface area contributed by atoms with Crippen molar-refractivity contribution in [2.45, 2.75) is 81.8 Å². The van der Waals surface area contributed by atoms with Crippen molar-refractivity contribution in [2.75, 3.05) is 45.8 Å². The number of nitrogens with two attached hydrogens (primary N) is 1. The summed E-state index contributed by atoms with van der Waals surface area (Å²) in [5.74, 6) is -3.08. The molecule has 2 fully saturated rings. The first-order valence-corrected chi connectivity index (χ1v) is 16.0. The average molecular weight is 583 g/mol. The summed E-state index contributed by atoms with van der Waals surface area (Å²) >= 11 is 0. The molecule has 1 amide bonds. The second-order valence-electron chi connectivity index (χ2n) is 12.5. The van der Waals surface area contributed by atoms with Gasteiger partial charge in [-0.3, -0.25) is 19.6 Å². The molecule has 42 heavy (non-hydrogen) atoms. The number of piperazine rings is 1. The third-order valence-electron chi connectivity index (χ3n) is 9.35. The second kappa shape index (κ2) is 14.8. The van der Waals surface area contributed by atoms with Gasteiger partial charge < -0.3 is 16.4 Å². The van der Waals surface area contributed by atoms with Crippen LogP contribution in [0.5, 0.6) is 0 Å². The molecule has 1 aromatic carbocycles. The molecule has 230 valence electrons. The van der Waals surface area contributed by atoms with Crippen molar-refractivity contribution in [1.82, 2.24) is 25.4 Å². The molecule has 7 nitrogen and oxygen atoms in total. The summed E-state index contributed by atoms with van der Waals surface area (Å²) in [6.45, 7) is 5.99. The maximum Gasteiger partial charge on any atom is 0.248 e. The minimum absolute atomic E-state index is 0.0967. The van der Waals surface area contributed by atoms with Gasteiger partial charge in [-0.1, -0.05) is 36.4 Å². The number of hydrogen-bond donors (Lipinski definition) is 3. The van der Waals surface area contributed by atoms with Gasteiger partial charge in [-0.25, -0.2) is 8.78 Å². The van der Waals surface area contributed by atoms with E-state index < -0.39 is 5.92 Å². The second-order valence-corrected chi connectivity index (χ2v) is 12.5. The number of benzene rings is 1.